The van der Waals surface area contributed by atoms with Gasteiger partial charge in [-0.3, -0.25) is 4.90 Å². The molecule has 6 nitrogen and oxygen atoms in total. The average Bonchev–Trinajstić information content (AvgIpc) is 2.62. The van der Waals surface area contributed by atoms with Crippen LogP contribution in [0.4, 0.5) is 0 Å². The Morgan fingerprint density at radius 2 is 1.56 bits per heavy atom. The lowest BCUT2D eigenvalue weighted by molar-refractivity contribution is 0.0344. The Hall–Kier alpha value is -0.990. The summed E-state index contributed by atoms with van der Waals surface area (Å²) in [4.78, 5) is 2.28. The highest BCUT2D eigenvalue weighted by atomic mass is 32.2. The minimum absolute atomic E-state index is 0.251. The van der Waals surface area contributed by atoms with Crippen molar-refractivity contribution in [2.75, 3.05) is 45.9 Å². The van der Waals surface area contributed by atoms with E-state index in [0.717, 1.165) is 44.3 Å². The van der Waals surface area contributed by atoms with Gasteiger partial charge < -0.3 is 4.74 Å². The third-order valence-electron chi connectivity index (χ3n) is 5.47. The van der Waals surface area contributed by atoms with Gasteiger partial charge in [0.25, 0.3) is 10.2 Å². The largest absolute Gasteiger partial charge is 0.379 e. The van der Waals surface area contributed by atoms with Crippen LogP contribution in [0.5, 0.6) is 0 Å². The van der Waals surface area contributed by atoms with Gasteiger partial charge in [-0.2, -0.15) is 17.4 Å². The molecule has 1 aromatic rings. The zero-order chi connectivity index (χ0) is 19.1. The number of nitrogens with one attached hydrogen (secondary N) is 1. The van der Waals surface area contributed by atoms with Crippen LogP contribution in [0.2, 0.25) is 0 Å². The third kappa shape index (κ3) is 6.26. The van der Waals surface area contributed by atoms with E-state index >= 15 is 0 Å². The Kier molecular flexibility index (Phi) is 7.66. The van der Waals surface area contributed by atoms with Crippen LogP contribution >= 0.6 is 0 Å². The van der Waals surface area contributed by atoms with Crippen LogP contribution in [-0.4, -0.2) is 63.6 Å². The van der Waals surface area contributed by atoms with Crippen molar-refractivity contribution in [1.29, 1.82) is 0 Å². The van der Waals surface area contributed by atoms with E-state index in [1.807, 2.05) is 31.2 Å². The molecule has 2 aliphatic heterocycles. The van der Waals surface area contributed by atoms with E-state index in [1.165, 1.54) is 12.0 Å². The summed E-state index contributed by atoms with van der Waals surface area (Å²) in [7, 11) is -3.51. The van der Waals surface area contributed by atoms with Gasteiger partial charge in [-0.1, -0.05) is 49.1 Å². The molecule has 152 valence electrons. The quantitative estimate of drug-likeness (QED) is 0.804. The normalized spacial score (nSPS) is 22.1. The number of rotatable bonds is 6. The van der Waals surface area contributed by atoms with E-state index in [9.17, 15) is 8.42 Å². The second kappa shape index (κ2) is 9.98. The van der Waals surface area contributed by atoms with Gasteiger partial charge in [0.05, 0.1) is 19.3 Å². The highest BCUT2D eigenvalue weighted by molar-refractivity contribution is 7.87. The zero-order valence-corrected chi connectivity index (χ0v) is 17.2. The van der Waals surface area contributed by atoms with Crippen molar-refractivity contribution in [3.05, 3.63) is 35.4 Å². The molecule has 1 aromatic carbocycles. The molecule has 0 bridgehead atoms. The van der Waals surface area contributed by atoms with Crippen LogP contribution in [0.3, 0.4) is 0 Å². The number of morpholine rings is 1. The number of aryl methyl sites for hydroxylation is 1. The Morgan fingerprint density at radius 3 is 2.19 bits per heavy atom. The molecule has 0 aliphatic carbocycles. The van der Waals surface area contributed by atoms with Crippen LogP contribution < -0.4 is 4.72 Å². The van der Waals surface area contributed by atoms with Crippen molar-refractivity contribution in [1.82, 2.24) is 13.9 Å². The minimum atomic E-state index is -3.51. The summed E-state index contributed by atoms with van der Waals surface area (Å²) in [6.45, 7) is 7.05. The monoisotopic (exact) mass is 395 g/mol. The van der Waals surface area contributed by atoms with E-state index in [-0.39, 0.29) is 6.04 Å². The number of hydrogen-bond acceptors (Lipinski definition) is 4. The molecule has 1 atom stereocenters. The van der Waals surface area contributed by atoms with Crippen molar-refractivity contribution in [2.24, 2.45) is 0 Å². The summed E-state index contributed by atoms with van der Waals surface area (Å²) < 4.78 is 36.3. The first-order chi connectivity index (χ1) is 13.0. The lowest BCUT2D eigenvalue weighted by Crippen LogP contribution is -2.47. The van der Waals surface area contributed by atoms with Crippen LogP contribution in [0, 0.1) is 6.92 Å². The number of benzene rings is 1. The molecule has 0 radical (unpaired) electrons. The van der Waals surface area contributed by atoms with Crippen LogP contribution in [0.1, 0.15) is 49.3 Å². The molecule has 0 amide bonds. The number of nitrogens with zero attached hydrogens (tertiary/aromatic N) is 2. The molecule has 0 saturated carbocycles. The summed E-state index contributed by atoms with van der Waals surface area (Å²) in [6.07, 6.45) is 5.33. The average molecular weight is 396 g/mol. The third-order valence-corrected chi connectivity index (χ3v) is 7.10. The predicted octanol–water partition coefficient (Wildman–Crippen LogP) is 2.47. The van der Waals surface area contributed by atoms with Gasteiger partial charge in [-0.15, -0.1) is 0 Å². The first-order valence-electron chi connectivity index (χ1n) is 10.2. The van der Waals surface area contributed by atoms with E-state index in [2.05, 4.69) is 9.62 Å². The van der Waals surface area contributed by atoms with E-state index in [4.69, 9.17) is 4.74 Å². The Bertz CT molecular complexity index is 664. The fourth-order valence-electron chi connectivity index (χ4n) is 3.76. The molecule has 0 aromatic heterocycles. The number of hydrogen-bond donors (Lipinski definition) is 1. The highest BCUT2D eigenvalue weighted by Crippen LogP contribution is 2.20. The molecule has 1 N–H and O–H groups in total. The van der Waals surface area contributed by atoms with Gasteiger partial charge in [-0.05, 0) is 25.3 Å². The molecule has 27 heavy (non-hydrogen) atoms. The lowest BCUT2D eigenvalue weighted by atomic mass is 10.1. The lowest BCUT2D eigenvalue weighted by Gasteiger charge is -2.32. The van der Waals surface area contributed by atoms with Crippen molar-refractivity contribution in [3.63, 3.8) is 0 Å². The smallest absolute Gasteiger partial charge is 0.280 e. The SMILES string of the molecule is Cc1ccc(C(CN2CCOCC2)NS(=O)(=O)N2CCCCCCC2)cc1. The van der Waals surface area contributed by atoms with Crippen LogP contribution in [-0.2, 0) is 14.9 Å². The van der Waals surface area contributed by atoms with Crippen molar-refractivity contribution in [3.8, 4) is 0 Å². The van der Waals surface area contributed by atoms with Gasteiger partial charge in [0.1, 0.15) is 0 Å². The molecule has 2 heterocycles. The maximum atomic E-state index is 13.1. The molecular formula is C20H33N3O3S. The van der Waals surface area contributed by atoms with Gasteiger partial charge >= 0.3 is 0 Å². The molecule has 7 heteroatoms. The zero-order valence-electron chi connectivity index (χ0n) is 16.4. The van der Waals surface area contributed by atoms with Crippen molar-refractivity contribution >= 4 is 10.2 Å². The van der Waals surface area contributed by atoms with Gasteiger partial charge in [0.2, 0.25) is 0 Å². The minimum Gasteiger partial charge on any atom is -0.379 e. The molecule has 2 saturated heterocycles. The Labute approximate surface area is 164 Å². The van der Waals surface area contributed by atoms with Crippen molar-refractivity contribution < 1.29 is 13.2 Å². The van der Waals surface area contributed by atoms with E-state index in [1.54, 1.807) is 4.31 Å². The standard InChI is InChI=1S/C20H33N3O3S/c1-18-7-9-19(10-8-18)20(17-22-13-15-26-16-14-22)21-27(24,25)23-11-5-3-2-4-6-12-23/h7-10,20-21H,2-6,11-17H2,1H3. The number of ether oxygens (including phenoxy) is 1. The topological polar surface area (TPSA) is 61.9 Å². The van der Waals surface area contributed by atoms with Crippen LogP contribution in [0.25, 0.3) is 0 Å². The predicted molar refractivity (Wildman–Crippen MR) is 108 cm³/mol. The van der Waals surface area contributed by atoms with Crippen molar-refractivity contribution in [2.45, 2.75) is 45.1 Å². The molecule has 2 fully saturated rings. The fraction of sp³-hybridized carbons (Fsp3) is 0.700. The summed E-state index contributed by atoms with van der Waals surface area (Å²) >= 11 is 0. The molecule has 0 spiro atoms. The first kappa shape index (κ1) is 20.7. The van der Waals surface area contributed by atoms with Crippen LogP contribution in [0.15, 0.2) is 24.3 Å². The van der Waals surface area contributed by atoms with E-state index < -0.39 is 10.2 Å². The second-order valence-electron chi connectivity index (χ2n) is 7.67. The van der Waals surface area contributed by atoms with Gasteiger partial charge in [-0.25, -0.2) is 0 Å². The summed E-state index contributed by atoms with van der Waals surface area (Å²) in [5.41, 5.74) is 2.19. The summed E-state index contributed by atoms with van der Waals surface area (Å²) in [6, 6.07) is 7.92. The van der Waals surface area contributed by atoms with Gasteiger partial charge in [0.15, 0.2) is 0 Å². The molecule has 3 rings (SSSR count). The second-order valence-corrected chi connectivity index (χ2v) is 9.37. The first-order valence-corrected chi connectivity index (χ1v) is 11.6. The maximum Gasteiger partial charge on any atom is 0.280 e. The fourth-order valence-corrected chi connectivity index (χ4v) is 5.22. The summed E-state index contributed by atoms with van der Waals surface area (Å²) in [5.74, 6) is 0. The molecular weight excluding hydrogens is 362 g/mol. The van der Waals surface area contributed by atoms with Gasteiger partial charge in [0, 0.05) is 32.7 Å². The Balaban J connectivity index is 1.75. The summed E-state index contributed by atoms with van der Waals surface area (Å²) in [5, 5.41) is 0. The molecule has 2 aliphatic rings. The maximum absolute atomic E-state index is 13.1. The Morgan fingerprint density at radius 1 is 0.963 bits per heavy atom. The van der Waals surface area contributed by atoms with E-state index in [0.29, 0.717) is 32.8 Å². The molecule has 1 unspecified atom stereocenters. The highest BCUT2D eigenvalue weighted by Gasteiger charge is 2.28.